The summed E-state index contributed by atoms with van der Waals surface area (Å²) in [6, 6.07) is 10.6. The highest BCUT2D eigenvalue weighted by Crippen LogP contribution is 2.31. The van der Waals surface area contributed by atoms with E-state index >= 15 is 0 Å². The Morgan fingerprint density at radius 3 is 2.90 bits per heavy atom. The van der Waals surface area contributed by atoms with Crippen molar-refractivity contribution in [1.29, 1.82) is 0 Å². The van der Waals surface area contributed by atoms with Gasteiger partial charge in [0.2, 0.25) is 5.91 Å². The largest absolute Gasteiger partial charge is 0.385 e. The van der Waals surface area contributed by atoms with Crippen molar-refractivity contribution < 1.29 is 4.79 Å². The Labute approximate surface area is 115 Å². The molecule has 1 aliphatic heterocycles. The summed E-state index contributed by atoms with van der Waals surface area (Å²) in [6.07, 6.45) is 0.728. The third kappa shape index (κ3) is 2.40. The van der Waals surface area contributed by atoms with Gasteiger partial charge in [-0.05, 0) is 24.1 Å². The predicted octanol–water partition coefficient (Wildman–Crippen LogP) is 1.31. The SMILES string of the molecule is O=C(Nc1ccc(=O)[nH]n1)C1CCNc2ccccc21. The molecular formula is C14H14N4O2. The number of hydrogen-bond donors (Lipinski definition) is 3. The molecule has 0 saturated heterocycles. The number of carbonyl (C=O) groups excluding carboxylic acids is 1. The first-order chi connectivity index (χ1) is 9.74. The second-order valence-corrected chi connectivity index (χ2v) is 4.65. The van der Waals surface area contributed by atoms with Gasteiger partial charge in [-0.15, -0.1) is 0 Å². The highest BCUT2D eigenvalue weighted by atomic mass is 16.2. The van der Waals surface area contributed by atoms with Gasteiger partial charge in [0.15, 0.2) is 5.82 Å². The van der Waals surface area contributed by atoms with E-state index in [4.69, 9.17) is 0 Å². The number of para-hydroxylation sites is 1. The summed E-state index contributed by atoms with van der Waals surface area (Å²) >= 11 is 0. The number of nitrogens with one attached hydrogen (secondary N) is 3. The number of aromatic amines is 1. The summed E-state index contributed by atoms with van der Waals surface area (Å²) < 4.78 is 0. The molecule has 0 bridgehead atoms. The minimum absolute atomic E-state index is 0.113. The number of benzene rings is 1. The lowest BCUT2D eigenvalue weighted by atomic mass is 9.90. The van der Waals surface area contributed by atoms with Gasteiger partial charge in [0, 0.05) is 18.3 Å². The molecule has 102 valence electrons. The van der Waals surface area contributed by atoms with Crippen molar-refractivity contribution in [2.45, 2.75) is 12.3 Å². The standard InChI is InChI=1S/C14H14N4O2/c19-13-6-5-12(17-18-13)16-14(20)10-7-8-15-11-4-2-1-3-9(10)11/h1-6,10,15H,7-8H2,(H,18,19)(H,16,17,20). The molecule has 2 aromatic rings. The monoisotopic (exact) mass is 270 g/mol. The van der Waals surface area contributed by atoms with E-state index in [9.17, 15) is 9.59 Å². The van der Waals surface area contributed by atoms with Crippen LogP contribution in [0, 0.1) is 0 Å². The molecule has 1 unspecified atom stereocenters. The first-order valence-corrected chi connectivity index (χ1v) is 6.43. The van der Waals surface area contributed by atoms with Crippen LogP contribution in [0.2, 0.25) is 0 Å². The first kappa shape index (κ1) is 12.4. The van der Waals surface area contributed by atoms with E-state index in [1.807, 2.05) is 24.3 Å². The molecule has 1 aliphatic rings. The highest BCUT2D eigenvalue weighted by Gasteiger charge is 2.26. The lowest BCUT2D eigenvalue weighted by Crippen LogP contribution is -2.28. The fourth-order valence-electron chi connectivity index (χ4n) is 2.37. The van der Waals surface area contributed by atoms with Gasteiger partial charge in [-0.25, -0.2) is 5.10 Å². The van der Waals surface area contributed by atoms with E-state index in [-0.39, 0.29) is 17.4 Å². The molecule has 6 heteroatoms. The number of aromatic nitrogens is 2. The third-order valence-electron chi connectivity index (χ3n) is 3.33. The van der Waals surface area contributed by atoms with Crippen LogP contribution in [0.1, 0.15) is 17.9 Å². The zero-order valence-corrected chi connectivity index (χ0v) is 10.7. The molecule has 0 saturated carbocycles. The van der Waals surface area contributed by atoms with Crippen LogP contribution in [-0.4, -0.2) is 22.6 Å². The average molecular weight is 270 g/mol. The van der Waals surface area contributed by atoms with Crippen LogP contribution < -0.4 is 16.2 Å². The maximum absolute atomic E-state index is 12.3. The third-order valence-corrected chi connectivity index (χ3v) is 3.33. The number of amides is 1. The van der Waals surface area contributed by atoms with Crippen LogP contribution in [-0.2, 0) is 4.79 Å². The van der Waals surface area contributed by atoms with Gasteiger partial charge >= 0.3 is 0 Å². The molecule has 1 amide bonds. The zero-order valence-electron chi connectivity index (χ0n) is 10.7. The number of H-pyrrole nitrogens is 1. The second kappa shape index (κ2) is 5.16. The van der Waals surface area contributed by atoms with Gasteiger partial charge in [0.25, 0.3) is 5.56 Å². The molecule has 1 atom stereocenters. The van der Waals surface area contributed by atoms with E-state index < -0.39 is 0 Å². The fraction of sp³-hybridized carbons (Fsp3) is 0.214. The minimum atomic E-state index is -0.296. The Kier molecular flexibility index (Phi) is 3.20. The summed E-state index contributed by atoms with van der Waals surface area (Å²) in [5, 5.41) is 12.1. The molecule has 0 radical (unpaired) electrons. The molecule has 1 aromatic heterocycles. The van der Waals surface area contributed by atoms with Crippen LogP contribution >= 0.6 is 0 Å². The Morgan fingerprint density at radius 1 is 1.25 bits per heavy atom. The summed E-state index contributed by atoms with van der Waals surface area (Å²) in [5.41, 5.74) is 1.68. The summed E-state index contributed by atoms with van der Waals surface area (Å²) in [6.45, 7) is 0.758. The molecule has 6 nitrogen and oxygen atoms in total. The fourth-order valence-corrected chi connectivity index (χ4v) is 2.37. The maximum atomic E-state index is 12.3. The minimum Gasteiger partial charge on any atom is -0.385 e. The zero-order chi connectivity index (χ0) is 13.9. The molecule has 1 aromatic carbocycles. The lowest BCUT2D eigenvalue weighted by Gasteiger charge is -2.25. The van der Waals surface area contributed by atoms with Crippen molar-refractivity contribution in [3.8, 4) is 0 Å². The van der Waals surface area contributed by atoms with Crippen molar-refractivity contribution in [3.05, 3.63) is 52.3 Å². The van der Waals surface area contributed by atoms with Gasteiger partial charge in [-0.2, -0.15) is 5.10 Å². The van der Waals surface area contributed by atoms with E-state index in [2.05, 4.69) is 20.8 Å². The van der Waals surface area contributed by atoms with Gasteiger partial charge < -0.3 is 10.6 Å². The predicted molar refractivity (Wildman–Crippen MR) is 75.8 cm³/mol. The van der Waals surface area contributed by atoms with E-state index in [1.165, 1.54) is 12.1 Å². The topological polar surface area (TPSA) is 86.9 Å². The average Bonchev–Trinajstić information content (AvgIpc) is 2.49. The van der Waals surface area contributed by atoms with E-state index in [0.717, 1.165) is 24.2 Å². The van der Waals surface area contributed by atoms with Crippen LogP contribution in [0.5, 0.6) is 0 Å². The Bertz CT molecular complexity index is 675. The highest BCUT2D eigenvalue weighted by molar-refractivity contribution is 5.96. The molecule has 3 N–H and O–H groups in total. The van der Waals surface area contributed by atoms with Crippen molar-refractivity contribution in [2.75, 3.05) is 17.2 Å². The molecular weight excluding hydrogens is 256 g/mol. The smallest absolute Gasteiger partial charge is 0.264 e. The summed E-state index contributed by atoms with van der Waals surface area (Å²) in [4.78, 5) is 23.3. The molecule has 2 heterocycles. The second-order valence-electron chi connectivity index (χ2n) is 4.65. The molecule has 3 rings (SSSR count). The van der Waals surface area contributed by atoms with Gasteiger partial charge in [-0.3, -0.25) is 9.59 Å². The maximum Gasteiger partial charge on any atom is 0.264 e. The number of carbonyl (C=O) groups is 1. The van der Waals surface area contributed by atoms with Crippen molar-refractivity contribution in [2.24, 2.45) is 0 Å². The Hall–Kier alpha value is -2.63. The van der Waals surface area contributed by atoms with Gasteiger partial charge in [0.1, 0.15) is 0 Å². The van der Waals surface area contributed by atoms with Crippen LogP contribution in [0.25, 0.3) is 0 Å². The lowest BCUT2D eigenvalue weighted by molar-refractivity contribution is -0.117. The van der Waals surface area contributed by atoms with Crippen molar-refractivity contribution in [3.63, 3.8) is 0 Å². The molecule has 20 heavy (non-hydrogen) atoms. The molecule has 0 fully saturated rings. The normalized spacial score (nSPS) is 16.9. The number of rotatable bonds is 2. The van der Waals surface area contributed by atoms with Crippen molar-refractivity contribution in [1.82, 2.24) is 10.2 Å². The molecule has 0 aliphatic carbocycles. The summed E-state index contributed by atoms with van der Waals surface area (Å²) in [5.74, 6) is 0.0327. The van der Waals surface area contributed by atoms with Crippen LogP contribution in [0.3, 0.4) is 0 Å². The number of nitrogens with zero attached hydrogens (tertiary/aromatic N) is 1. The van der Waals surface area contributed by atoms with Gasteiger partial charge in [-0.1, -0.05) is 18.2 Å². The first-order valence-electron chi connectivity index (χ1n) is 6.43. The number of fused-ring (bicyclic) bond motifs is 1. The van der Waals surface area contributed by atoms with E-state index in [1.54, 1.807) is 0 Å². The number of hydrogen-bond acceptors (Lipinski definition) is 4. The number of anilines is 2. The Morgan fingerprint density at radius 2 is 2.10 bits per heavy atom. The van der Waals surface area contributed by atoms with Crippen molar-refractivity contribution >= 4 is 17.4 Å². The van der Waals surface area contributed by atoms with Crippen LogP contribution in [0.15, 0.2) is 41.2 Å². The van der Waals surface area contributed by atoms with Gasteiger partial charge in [0.05, 0.1) is 5.92 Å². The Balaban J connectivity index is 1.81. The van der Waals surface area contributed by atoms with E-state index in [0.29, 0.717) is 5.82 Å². The summed E-state index contributed by atoms with van der Waals surface area (Å²) in [7, 11) is 0. The van der Waals surface area contributed by atoms with Crippen LogP contribution in [0.4, 0.5) is 11.5 Å². The quantitative estimate of drug-likeness (QED) is 0.767. The molecule has 0 spiro atoms.